The van der Waals surface area contributed by atoms with Gasteiger partial charge in [0.15, 0.2) is 0 Å². The minimum absolute atomic E-state index is 0.383. The molecule has 1 N–H and O–H groups in total. The Labute approximate surface area is 74.3 Å². The smallest absolute Gasteiger partial charge is 0.0613 e. The SMILES string of the molecule is COCCN(O)C1CCCCC1. The molecule has 0 unspecified atom stereocenters. The van der Waals surface area contributed by atoms with E-state index in [2.05, 4.69) is 0 Å². The summed E-state index contributed by atoms with van der Waals surface area (Å²) in [6.45, 7) is 1.26. The monoisotopic (exact) mass is 173 g/mol. The summed E-state index contributed by atoms with van der Waals surface area (Å²) in [5.74, 6) is 0. The lowest BCUT2D eigenvalue weighted by Gasteiger charge is -2.28. The first-order chi connectivity index (χ1) is 5.84. The van der Waals surface area contributed by atoms with Crippen molar-refractivity contribution in [3.63, 3.8) is 0 Å². The van der Waals surface area contributed by atoms with Crippen LogP contribution in [0, 0.1) is 0 Å². The summed E-state index contributed by atoms with van der Waals surface area (Å²) >= 11 is 0. The maximum Gasteiger partial charge on any atom is 0.0613 e. The second-order valence-corrected chi connectivity index (χ2v) is 3.45. The molecular weight excluding hydrogens is 154 g/mol. The summed E-state index contributed by atoms with van der Waals surface area (Å²) < 4.78 is 4.90. The fraction of sp³-hybridized carbons (Fsp3) is 1.00. The minimum Gasteiger partial charge on any atom is -0.383 e. The highest BCUT2D eigenvalue weighted by molar-refractivity contribution is 4.70. The lowest BCUT2D eigenvalue weighted by atomic mass is 9.95. The highest BCUT2D eigenvalue weighted by Gasteiger charge is 2.18. The highest BCUT2D eigenvalue weighted by atomic mass is 16.5. The molecule has 0 saturated heterocycles. The maximum atomic E-state index is 9.56. The molecule has 0 aromatic rings. The van der Waals surface area contributed by atoms with Crippen molar-refractivity contribution < 1.29 is 9.94 Å². The van der Waals surface area contributed by atoms with E-state index in [-0.39, 0.29) is 0 Å². The molecule has 3 heteroatoms. The predicted octanol–water partition coefficient (Wildman–Crippen LogP) is 1.66. The Bertz CT molecular complexity index is 113. The Hall–Kier alpha value is -0.120. The largest absolute Gasteiger partial charge is 0.383 e. The zero-order valence-corrected chi connectivity index (χ0v) is 7.83. The van der Waals surface area contributed by atoms with Crippen molar-refractivity contribution >= 4 is 0 Å². The van der Waals surface area contributed by atoms with E-state index in [0.717, 1.165) is 12.8 Å². The number of methoxy groups -OCH3 is 1. The third-order valence-electron chi connectivity index (χ3n) is 2.52. The van der Waals surface area contributed by atoms with Gasteiger partial charge in [-0.3, -0.25) is 0 Å². The van der Waals surface area contributed by atoms with Gasteiger partial charge in [-0.1, -0.05) is 19.3 Å². The fourth-order valence-corrected chi connectivity index (χ4v) is 1.75. The topological polar surface area (TPSA) is 32.7 Å². The van der Waals surface area contributed by atoms with Gasteiger partial charge in [0.1, 0.15) is 0 Å². The Balaban J connectivity index is 2.15. The third-order valence-corrected chi connectivity index (χ3v) is 2.52. The van der Waals surface area contributed by atoms with Gasteiger partial charge < -0.3 is 9.94 Å². The second kappa shape index (κ2) is 5.51. The quantitative estimate of drug-likeness (QED) is 0.656. The minimum atomic E-state index is 0.383. The first kappa shape index (κ1) is 9.96. The molecular formula is C9H19NO2. The number of nitrogens with zero attached hydrogens (tertiary/aromatic N) is 1. The predicted molar refractivity (Wildman–Crippen MR) is 47.2 cm³/mol. The van der Waals surface area contributed by atoms with E-state index >= 15 is 0 Å². The number of hydrogen-bond donors (Lipinski definition) is 1. The van der Waals surface area contributed by atoms with Crippen molar-refractivity contribution in [1.82, 2.24) is 5.06 Å². The van der Waals surface area contributed by atoms with Crippen LogP contribution in [0.15, 0.2) is 0 Å². The van der Waals surface area contributed by atoms with E-state index in [1.165, 1.54) is 24.3 Å². The number of hydrogen-bond acceptors (Lipinski definition) is 3. The Morgan fingerprint density at radius 3 is 2.58 bits per heavy atom. The van der Waals surface area contributed by atoms with E-state index in [1.807, 2.05) is 0 Å². The van der Waals surface area contributed by atoms with Crippen LogP contribution in [0.4, 0.5) is 0 Å². The Morgan fingerprint density at radius 2 is 2.00 bits per heavy atom. The molecule has 1 aliphatic rings. The van der Waals surface area contributed by atoms with Crippen LogP contribution in [0.3, 0.4) is 0 Å². The summed E-state index contributed by atoms with van der Waals surface area (Å²) in [7, 11) is 1.66. The molecule has 0 heterocycles. The maximum absolute atomic E-state index is 9.56. The van der Waals surface area contributed by atoms with Crippen molar-refractivity contribution in [3.05, 3.63) is 0 Å². The van der Waals surface area contributed by atoms with Crippen LogP contribution in [0.2, 0.25) is 0 Å². The van der Waals surface area contributed by atoms with Crippen LogP contribution in [-0.4, -0.2) is 36.6 Å². The molecule has 0 aromatic carbocycles. The summed E-state index contributed by atoms with van der Waals surface area (Å²) in [6.07, 6.45) is 6.12. The molecule has 1 rings (SSSR count). The molecule has 3 nitrogen and oxygen atoms in total. The summed E-state index contributed by atoms with van der Waals surface area (Å²) in [5, 5.41) is 11.0. The average molecular weight is 173 g/mol. The average Bonchev–Trinajstić information content (AvgIpc) is 2.15. The van der Waals surface area contributed by atoms with Crippen molar-refractivity contribution in [2.24, 2.45) is 0 Å². The van der Waals surface area contributed by atoms with Crippen molar-refractivity contribution in [2.75, 3.05) is 20.3 Å². The van der Waals surface area contributed by atoms with Crippen LogP contribution >= 0.6 is 0 Å². The summed E-state index contributed by atoms with van der Waals surface area (Å²) in [5.41, 5.74) is 0. The zero-order valence-electron chi connectivity index (χ0n) is 7.83. The van der Waals surface area contributed by atoms with E-state index in [4.69, 9.17) is 4.74 Å². The lowest BCUT2D eigenvalue weighted by molar-refractivity contribution is -0.142. The normalized spacial score (nSPS) is 20.2. The van der Waals surface area contributed by atoms with Crippen LogP contribution in [-0.2, 0) is 4.74 Å². The van der Waals surface area contributed by atoms with Gasteiger partial charge in [0.25, 0.3) is 0 Å². The molecule has 72 valence electrons. The second-order valence-electron chi connectivity index (χ2n) is 3.45. The number of ether oxygens (including phenoxy) is 1. The van der Waals surface area contributed by atoms with Crippen molar-refractivity contribution in [1.29, 1.82) is 0 Å². The van der Waals surface area contributed by atoms with Gasteiger partial charge in [-0.25, -0.2) is 0 Å². The van der Waals surface area contributed by atoms with Gasteiger partial charge in [0, 0.05) is 19.7 Å². The molecule has 0 spiro atoms. The van der Waals surface area contributed by atoms with E-state index < -0.39 is 0 Å². The van der Waals surface area contributed by atoms with Gasteiger partial charge in [-0.2, -0.15) is 5.06 Å². The zero-order chi connectivity index (χ0) is 8.81. The molecule has 1 aliphatic carbocycles. The van der Waals surface area contributed by atoms with E-state index in [1.54, 1.807) is 7.11 Å². The standard InChI is InChI=1S/C9H19NO2/c1-12-8-7-10(11)9-5-3-2-4-6-9/h9,11H,2-8H2,1H3. The van der Waals surface area contributed by atoms with E-state index in [0.29, 0.717) is 19.2 Å². The lowest BCUT2D eigenvalue weighted by Crippen LogP contribution is -2.36. The van der Waals surface area contributed by atoms with Gasteiger partial charge in [0.2, 0.25) is 0 Å². The third kappa shape index (κ3) is 3.09. The molecule has 0 aromatic heterocycles. The summed E-state index contributed by atoms with van der Waals surface area (Å²) in [6, 6.07) is 0.383. The van der Waals surface area contributed by atoms with Gasteiger partial charge in [-0.05, 0) is 12.8 Å². The molecule has 0 radical (unpaired) electrons. The fourth-order valence-electron chi connectivity index (χ4n) is 1.75. The van der Waals surface area contributed by atoms with Gasteiger partial charge >= 0.3 is 0 Å². The van der Waals surface area contributed by atoms with Crippen LogP contribution < -0.4 is 0 Å². The van der Waals surface area contributed by atoms with Crippen molar-refractivity contribution in [3.8, 4) is 0 Å². The van der Waals surface area contributed by atoms with Crippen LogP contribution in [0.1, 0.15) is 32.1 Å². The van der Waals surface area contributed by atoms with E-state index in [9.17, 15) is 5.21 Å². The van der Waals surface area contributed by atoms with Crippen molar-refractivity contribution in [2.45, 2.75) is 38.1 Å². The molecule has 0 atom stereocenters. The Morgan fingerprint density at radius 1 is 1.33 bits per heavy atom. The highest BCUT2D eigenvalue weighted by Crippen LogP contribution is 2.20. The Kier molecular flexibility index (Phi) is 4.58. The first-order valence-corrected chi connectivity index (χ1v) is 4.79. The molecule has 1 fully saturated rings. The molecule has 1 saturated carbocycles. The molecule has 0 bridgehead atoms. The number of rotatable bonds is 4. The van der Waals surface area contributed by atoms with Crippen LogP contribution in [0.5, 0.6) is 0 Å². The first-order valence-electron chi connectivity index (χ1n) is 4.79. The van der Waals surface area contributed by atoms with Crippen LogP contribution in [0.25, 0.3) is 0 Å². The molecule has 0 aliphatic heterocycles. The number of hydroxylamine groups is 2. The van der Waals surface area contributed by atoms with Gasteiger partial charge in [0.05, 0.1) is 6.61 Å². The summed E-state index contributed by atoms with van der Waals surface area (Å²) in [4.78, 5) is 0. The molecule has 12 heavy (non-hydrogen) atoms. The van der Waals surface area contributed by atoms with Gasteiger partial charge in [-0.15, -0.1) is 0 Å². The molecule has 0 amide bonds.